The highest BCUT2D eigenvalue weighted by Crippen LogP contribution is 2.29. The predicted octanol–water partition coefficient (Wildman–Crippen LogP) is 3.43. The number of aliphatic hydroxyl groups is 1. The molecule has 5 heteroatoms. The van der Waals surface area contributed by atoms with Crippen molar-refractivity contribution >= 4 is 0 Å². The Hall–Kier alpha value is -2.40. The lowest BCUT2D eigenvalue weighted by Crippen LogP contribution is -2.12. The molecule has 0 saturated heterocycles. The highest BCUT2D eigenvalue weighted by atomic mass is 16.5. The van der Waals surface area contributed by atoms with Crippen molar-refractivity contribution in [1.29, 1.82) is 0 Å². The Kier molecular flexibility index (Phi) is 4.53. The van der Waals surface area contributed by atoms with Crippen LogP contribution in [-0.2, 0) is 13.0 Å². The SMILES string of the molecule is Cc1cccc(Cn2cnc(-c3c(C)noc3C)c2CC(C)O)c1. The monoisotopic (exact) mass is 325 g/mol. The first-order valence-corrected chi connectivity index (χ1v) is 8.16. The van der Waals surface area contributed by atoms with Crippen LogP contribution in [0.25, 0.3) is 11.3 Å². The van der Waals surface area contributed by atoms with E-state index in [-0.39, 0.29) is 0 Å². The van der Waals surface area contributed by atoms with Crippen LogP contribution in [0.5, 0.6) is 0 Å². The van der Waals surface area contributed by atoms with Crippen LogP contribution in [0.15, 0.2) is 35.1 Å². The molecular weight excluding hydrogens is 302 g/mol. The summed E-state index contributed by atoms with van der Waals surface area (Å²) in [6, 6.07) is 8.42. The highest BCUT2D eigenvalue weighted by Gasteiger charge is 2.21. The van der Waals surface area contributed by atoms with Gasteiger partial charge < -0.3 is 14.2 Å². The molecule has 0 aliphatic rings. The molecule has 0 aliphatic heterocycles. The zero-order valence-electron chi connectivity index (χ0n) is 14.6. The molecule has 0 fully saturated rings. The van der Waals surface area contributed by atoms with Gasteiger partial charge in [-0.1, -0.05) is 35.0 Å². The summed E-state index contributed by atoms with van der Waals surface area (Å²) in [6.45, 7) is 8.41. The summed E-state index contributed by atoms with van der Waals surface area (Å²) in [7, 11) is 0. The van der Waals surface area contributed by atoms with Crippen molar-refractivity contribution in [3.8, 4) is 11.3 Å². The molecule has 3 aromatic rings. The minimum Gasteiger partial charge on any atom is -0.393 e. The standard InChI is InChI=1S/C19H23N3O2/c1-12-6-5-7-16(8-12)10-22-11-20-19(17(22)9-13(2)23)18-14(3)21-24-15(18)4/h5-8,11,13,23H,9-10H2,1-4H3. The molecule has 0 spiro atoms. The Balaban J connectivity index is 2.04. The zero-order valence-corrected chi connectivity index (χ0v) is 14.6. The third-order valence-corrected chi connectivity index (χ3v) is 4.14. The van der Waals surface area contributed by atoms with Crippen LogP contribution >= 0.6 is 0 Å². The zero-order chi connectivity index (χ0) is 17.3. The Bertz CT molecular complexity index is 827. The van der Waals surface area contributed by atoms with Crippen molar-refractivity contribution in [1.82, 2.24) is 14.7 Å². The van der Waals surface area contributed by atoms with Gasteiger partial charge in [0.25, 0.3) is 0 Å². The van der Waals surface area contributed by atoms with Crippen molar-refractivity contribution < 1.29 is 9.63 Å². The maximum atomic E-state index is 9.94. The molecule has 5 nitrogen and oxygen atoms in total. The largest absolute Gasteiger partial charge is 0.393 e. The van der Waals surface area contributed by atoms with Crippen LogP contribution in [0.1, 0.15) is 35.2 Å². The van der Waals surface area contributed by atoms with Gasteiger partial charge in [-0.3, -0.25) is 0 Å². The molecule has 1 aromatic carbocycles. The maximum absolute atomic E-state index is 9.94. The molecular formula is C19H23N3O2. The fourth-order valence-electron chi connectivity index (χ4n) is 3.07. The van der Waals surface area contributed by atoms with E-state index in [2.05, 4.69) is 45.9 Å². The Morgan fingerprint density at radius 3 is 2.67 bits per heavy atom. The fraction of sp³-hybridized carbons (Fsp3) is 0.368. The number of benzene rings is 1. The van der Waals surface area contributed by atoms with Gasteiger partial charge in [0, 0.05) is 18.7 Å². The second kappa shape index (κ2) is 6.61. The van der Waals surface area contributed by atoms with E-state index in [4.69, 9.17) is 4.52 Å². The smallest absolute Gasteiger partial charge is 0.143 e. The number of aliphatic hydroxyl groups excluding tert-OH is 1. The van der Waals surface area contributed by atoms with Crippen molar-refractivity contribution in [2.24, 2.45) is 0 Å². The first kappa shape index (κ1) is 16.5. The Morgan fingerprint density at radius 2 is 2.04 bits per heavy atom. The lowest BCUT2D eigenvalue weighted by atomic mass is 10.0. The fourth-order valence-corrected chi connectivity index (χ4v) is 3.07. The number of hydrogen-bond acceptors (Lipinski definition) is 4. The van der Waals surface area contributed by atoms with E-state index < -0.39 is 6.10 Å². The summed E-state index contributed by atoms with van der Waals surface area (Å²) >= 11 is 0. The molecule has 1 unspecified atom stereocenters. The van der Waals surface area contributed by atoms with Crippen molar-refractivity contribution in [3.05, 3.63) is 58.9 Å². The second-order valence-electron chi connectivity index (χ2n) is 6.41. The first-order valence-electron chi connectivity index (χ1n) is 8.16. The topological polar surface area (TPSA) is 64.1 Å². The van der Waals surface area contributed by atoms with Gasteiger partial charge in [-0.25, -0.2) is 4.98 Å². The molecule has 3 rings (SSSR count). The average Bonchev–Trinajstić information content (AvgIpc) is 3.03. The number of imidazole rings is 1. The number of hydrogen-bond donors (Lipinski definition) is 1. The second-order valence-corrected chi connectivity index (χ2v) is 6.41. The molecule has 0 saturated carbocycles. The number of nitrogens with zero attached hydrogens (tertiary/aromatic N) is 3. The molecule has 126 valence electrons. The van der Waals surface area contributed by atoms with Crippen LogP contribution in [-0.4, -0.2) is 25.9 Å². The summed E-state index contributed by atoms with van der Waals surface area (Å²) < 4.78 is 7.39. The summed E-state index contributed by atoms with van der Waals surface area (Å²) in [4.78, 5) is 4.60. The van der Waals surface area contributed by atoms with Crippen LogP contribution in [0.3, 0.4) is 0 Å². The molecule has 2 heterocycles. The van der Waals surface area contributed by atoms with E-state index >= 15 is 0 Å². The third kappa shape index (κ3) is 3.26. The van der Waals surface area contributed by atoms with Gasteiger partial charge in [0.05, 0.1) is 29.4 Å². The summed E-state index contributed by atoms with van der Waals surface area (Å²) in [5.74, 6) is 0.750. The van der Waals surface area contributed by atoms with Crippen molar-refractivity contribution in [2.45, 2.75) is 46.8 Å². The molecule has 0 aliphatic carbocycles. The molecule has 0 radical (unpaired) electrons. The average molecular weight is 325 g/mol. The van der Waals surface area contributed by atoms with E-state index in [0.29, 0.717) is 6.42 Å². The van der Waals surface area contributed by atoms with Gasteiger partial charge in [-0.05, 0) is 33.3 Å². The van der Waals surface area contributed by atoms with Gasteiger partial charge in [0.1, 0.15) is 5.76 Å². The minimum atomic E-state index is -0.447. The third-order valence-electron chi connectivity index (χ3n) is 4.14. The van der Waals surface area contributed by atoms with Gasteiger partial charge in [-0.2, -0.15) is 0 Å². The van der Waals surface area contributed by atoms with Gasteiger partial charge in [0.2, 0.25) is 0 Å². The lowest BCUT2D eigenvalue weighted by Gasteiger charge is -2.12. The van der Waals surface area contributed by atoms with E-state index in [1.54, 1.807) is 6.92 Å². The van der Waals surface area contributed by atoms with Crippen LogP contribution in [0.4, 0.5) is 0 Å². The molecule has 24 heavy (non-hydrogen) atoms. The lowest BCUT2D eigenvalue weighted by molar-refractivity contribution is 0.193. The van der Waals surface area contributed by atoms with Crippen LogP contribution in [0.2, 0.25) is 0 Å². The highest BCUT2D eigenvalue weighted by molar-refractivity contribution is 5.66. The maximum Gasteiger partial charge on any atom is 0.143 e. The minimum absolute atomic E-state index is 0.447. The predicted molar refractivity (Wildman–Crippen MR) is 92.9 cm³/mol. The van der Waals surface area contributed by atoms with Crippen LogP contribution < -0.4 is 0 Å². The molecule has 1 N–H and O–H groups in total. The molecule has 1 atom stereocenters. The first-order chi connectivity index (χ1) is 11.5. The summed E-state index contributed by atoms with van der Waals surface area (Å²) in [5, 5.41) is 14.0. The van der Waals surface area contributed by atoms with Gasteiger partial charge in [0.15, 0.2) is 0 Å². The molecule has 0 bridgehead atoms. The van der Waals surface area contributed by atoms with E-state index in [0.717, 1.165) is 35.0 Å². The Labute approximate surface area is 141 Å². The van der Waals surface area contributed by atoms with Gasteiger partial charge in [-0.15, -0.1) is 0 Å². The van der Waals surface area contributed by atoms with Crippen molar-refractivity contribution in [2.75, 3.05) is 0 Å². The van der Waals surface area contributed by atoms with Crippen LogP contribution in [0, 0.1) is 20.8 Å². The quantitative estimate of drug-likeness (QED) is 0.780. The summed E-state index contributed by atoms with van der Waals surface area (Å²) in [5.41, 5.74) is 6.04. The van der Waals surface area contributed by atoms with Gasteiger partial charge >= 0.3 is 0 Å². The number of rotatable bonds is 5. The Morgan fingerprint density at radius 1 is 1.25 bits per heavy atom. The van der Waals surface area contributed by atoms with E-state index in [1.807, 2.05) is 20.2 Å². The number of aromatic nitrogens is 3. The van der Waals surface area contributed by atoms with Crippen molar-refractivity contribution in [3.63, 3.8) is 0 Å². The normalized spacial score (nSPS) is 12.5. The summed E-state index contributed by atoms with van der Waals surface area (Å²) in [6.07, 6.45) is 1.92. The molecule has 0 amide bonds. The number of aryl methyl sites for hydroxylation is 3. The van der Waals surface area contributed by atoms with E-state index in [1.165, 1.54) is 11.1 Å². The van der Waals surface area contributed by atoms with E-state index in [9.17, 15) is 5.11 Å². The molecule has 2 aromatic heterocycles.